The minimum Gasteiger partial charge on any atom is -0.356 e. The molecule has 0 spiro atoms. The number of H-pyrrole nitrogens is 1. The standard InChI is InChI=1S/C11H13ClN4O2/c1-6-8-9(13-11(12)14-10(8)17)16(15-6)7-4-2-3-5-18-7/h7H,2-5H2,1H3,(H,13,14,17). The highest BCUT2D eigenvalue weighted by Crippen LogP contribution is 2.25. The van der Waals surface area contributed by atoms with Crippen LogP contribution in [0, 0.1) is 6.92 Å². The van der Waals surface area contributed by atoms with Crippen molar-refractivity contribution in [3.8, 4) is 0 Å². The number of aryl methyl sites for hydroxylation is 1. The van der Waals surface area contributed by atoms with Gasteiger partial charge in [0.05, 0.1) is 5.69 Å². The van der Waals surface area contributed by atoms with Gasteiger partial charge in [-0.05, 0) is 37.8 Å². The van der Waals surface area contributed by atoms with Crippen molar-refractivity contribution in [2.75, 3.05) is 6.61 Å². The molecule has 1 N–H and O–H groups in total. The lowest BCUT2D eigenvalue weighted by molar-refractivity contribution is -0.0371. The third-order valence-corrected chi connectivity index (χ3v) is 3.32. The molecule has 0 aliphatic carbocycles. The first-order valence-electron chi connectivity index (χ1n) is 5.93. The summed E-state index contributed by atoms with van der Waals surface area (Å²) < 4.78 is 7.34. The molecule has 0 aromatic carbocycles. The maximum atomic E-state index is 11.8. The highest BCUT2D eigenvalue weighted by molar-refractivity contribution is 6.28. The molecule has 7 heteroatoms. The number of rotatable bonds is 1. The van der Waals surface area contributed by atoms with E-state index in [1.807, 2.05) is 0 Å². The van der Waals surface area contributed by atoms with Crippen molar-refractivity contribution < 1.29 is 4.74 Å². The van der Waals surface area contributed by atoms with E-state index in [2.05, 4.69) is 15.1 Å². The first-order chi connectivity index (χ1) is 8.66. The summed E-state index contributed by atoms with van der Waals surface area (Å²) >= 11 is 5.80. The van der Waals surface area contributed by atoms with Gasteiger partial charge in [0.25, 0.3) is 5.56 Å². The zero-order valence-corrected chi connectivity index (χ0v) is 10.7. The monoisotopic (exact) mass is 268 g/mol. The minimum atomic E-state index is -0.260. The fourth-order valence-corrected chi connectivity index (χ4v) is 2.47. The lowest BCUT2D eigenvalue weighted by atomic mass is 10.2. The van der Waals surface area contributed by atoms with Crippen molar-refractivity contribution in [1.29, 1.82) is 0 Å². The number of hydrogen-bond acceptors (Lipinski definition) is 4. The number of hydrogen-bond donors (Lipinski definition) is 1. The minimum absolute atomic E-state index is 0.0736. The largest absolute Gasteiger partial charge is 0.356 e. The molecule has 2 aromatic heterocycles. The molecule has 1 atom stereocenters. The summed E-state index contributed by atoms with van der Waals surface area (Å²) in [6, 6.07) is 0. The van der Waals surface area contributed by atoms with Crippen molar-refractivity contribution in [2.45, 2.75) is 32.4 Å². The predicted octanol–water partition coefficient (Wildman–Crippen LogP) is 1.78. The Labute approximate surface area is 108 Å². The summed E-state index contributed by atoms with van der Waals surface area (Å²) in [5.41, 5.74) is 0.877. The van der Waals surface area contributed by atoms with Crippen LogP contribution in [0.1, 0.15) is 31.2 Å². The van der Waals surface area contributed by atoms with E-state index in [1.54, 1.807) is 11.6 Å². The quantitative estimate of drug-likeness (QED) is 0.800. The molecule has 0 amide bonds. The fraction of sp³-hybridized carbons (Fsp3) is 0.545. The Morgan fingerprint density at radius 3 is 3.06 bits per heavy atom. The zero-order valence-electron chi connectivity index (χ0n) is 9.94. The van der Waals surface area contributed by atoms with Gasteiger partial charge in [-0.15, -0.1) is 0 Å². The number of aromatic amines is 1. The molecular weight excluding hydrogens is 256 g/mol. The molecule has 0 radical (unpaired) electrons. The number of nitrogens with zero attached hydrogens (tertiary/aromatic N) is 3. The Kier molecular flexibility index (Phi) is 2.83. The molecule has 18 heavy (non-hydrogen) atoms. The van der Waals surface area contributed by atoms with Crippen LogP contribution in [0.25, 0.3) is 11.0 Å². The molecule has 1 fully saturated rings. The van der Waals surface area contributed by atoms with Crippen LogP contribution in [0.3, 0.4) is 0 Å². The fourth-order valence-electron chi connectivity index (χ4n) is 2.30. The number of nitrogens with one attached hydrogen (secondary N) is 1. The molecule has 0 saturated carbocycles. The second-order valence-corrected chi connectivity index (χ2v) is 4.76. The smallest absolute Gasteiger partial charge is 0.263 e. The van der Waals surface area contributed by atoms with Gasteiger partial charge in [0, 0.05) is 6.61 Å². The lowest BCUT2D eigenvalue weighted by Crippen LogP contribution is -2.20. The Morgan fingerprint density at radius 2 is 2.33 bits per heavy atom. The summed E-state index contributed by atoms with van der Waals surface area (Å²) in [4.78, 5) is 18.5. The third-order valence-electron chi connectivity index (χ3n) is 3.14. The first kappa shape index (κ1) is 11.7. The average Bonchev–Trinajstić information content (AvgIpc) is 2.67. The van der Waals surface area contributed by atoms with Gasteiger partial charge in [-0.2, -0.15) is 10.1 Å². The molecule has 1 aliphatic heterocycles. The van der Waals surface area contributed by atoms with Crippen LogP contribution in [0.4, 0.5) is 0 Å². The van der Waals surface area contributed by atoms with Gasteiger partial charge in [-0.1, -0.05) is 0 Å². The van der Waals surface area contributed by atoms with Crippen LogP contribution < -0.4 is 5.56 Å². The van der Waals surface area contributed by atoms with E-state index in [1.165, 1.54) is 0 Å². The molecule has 1 unspecified atom stereocenters. The zero-order chi connectivity index (χ0) is 12.7. The maximum absolute atomic E-state index is 11.8. The number of ether oxygens (including phenoxy) is 1. The third kappa shape index (κ3) is 1.81. The van der Waals surface area contributed by atoms with Crippen LogP contribution in [-0.2, 0) is 4.74 Å². The topological polar surface area (TPSA) is 72.8 Å². The molecule has 3 rings (SSSR count). The van der Waals surface area contributed by atoms with Crippen molar-refractivity contribution in [3.05, 3.63) is 21.3 Å². The average molecular weight is 269 g/mol. The van der Waals surface area contributed by atoms with Crippen LogP contribution in [0.5, 0.6) is 0 Å². The van der Waals surface area contributed by atoms with Crippen LogP contribution in [-0.4, -0.2) is 26.4 Å². The summed E-state index contributed by atoms with van der Waals surface area (Å²) in [6.07, 6.45) is 2.87. The summed E-state index contributed by atoms with van der Waals surface area (Å²) in [5.74, 6) is 0. The molecule has 1 aliphatic rings. The van der Waals surface area contributed by atoms with Gasteiger partial charge >= 0.3 is 0 Å². The highest BCUT2D eigenvalue weighted by Gasteiger charge is 2.22. The molecule has 3 heterocycles. The summed E-state index contributed by atoms with van der Waals surface area (Å²) in [6.45, 7) is 2.49. The van der Waals surface area contributed by atoms with E-state index in [0.29, 0.717) is 23.3 Å². The lowest BCUT2D eigenvalue weighted by Gasteiger charge is -2.22. The van der Waals surface area contributed by atoms with E-state index in [9.17, 15) is 4.79 Å². The molecule has 0 bridgehead atoms. The molecular formula is C11H13ClN4O2. The van der Waals surface area contributed by atoms with Crippen LogP contribution in [0.2, 0.25) is 5.28 Å². The number of halogens is 1. The Hall–Kier alpha value is -1.40. The Morgan fingerprint density at radius 1 is 1.50 bits per heavy atom. The molecule has 2 aromatic rings. The van der Waals surface area contributed by atoms with Crippen molar-refractivity contribution >= 4 is 22.6 Å². The second-order valence-electron chi connectivity index (χ2n) is 4.41. The van der Waals surface area contributed by atoms with E-state index in [0.717, 1.165) is 19.3 Å². The van der Waals surface area contributed by atoms with E-state index in [-0.39, 0.29) is 17.1 Å². The molecule has 6 nitrogen and oxygen atoms in total. The normalized spacial score (nSPS) is 20.4. The van der Waals surface area contributed by atoms with Crippen LogP contribution in [0.15, 0.2) is 4.79 Å². The van der Waals surface area contributed by atoms with E-state index < -0.39 is 0 Å². The van der Waals surface area contributed by atoms with Gasteiger partial charge in [0.2, 0.25) is 5.28 Å². The number of aromatic nitrogens is 4. The molecule has 96 valence electrons. The van der Waals surface area contributed by atoms with Crippen molar-refractivity contribution in [1.82, 2.24) is 19.7 Å². The highest BCUT2D eigenvalue weighted by atomic mass is 35.5. The summed E-state index contributed by atoms with van der Waals surface area (Å²) in [5, 5.41) is 4.92. The predicted molar refractivity (Wildman–Crippen MR) is 66.7 cm³/mol. The summed E-state index contributed by atoms with van der Waals surface area (Å²) in [7, 11) is 0. The first-order valence-corrected chi connectivity index (χ1v) is 6.31. The second kappa shape index (κ2) is 4.37. The van der Waals surface area contributed by atoms with Gasteiger partial charge in [-0.25, -0.2) is 4.68 Å². The van der Waals surface area contributed by atoms with Crippen LogP contribution >= 0.6 is 11.6 Å². The van der Waals surface area contributed by atoms with Crippen molar-refractivity contribution in [3.63, 3.8) is 0 Å². The maximum Gasteiger partial charge on any atom is 0.263 e. The molecule has 1 saturated heterocycles. The van der Waals surface area contributed by atoms with E-state index in [4.69, 9.17) is 16.3 Å². The van der Waals surface area contributed by atoms with Gasteiger partial charge in [-0.3, -0.25) is 9.78 Å². The SMILES string of the molecule is Cc1nn(C2CCCCO2)c2nc(Cl)[nH]c(=O)c12. The van der Waals surface area contributed by atoms with Gasteiger partial charge < -0.3 is 4.74 Å². The Balaban J connectivity index is 2.20. The Bertz CT molecular complexity index is 642. The van der Waals surface area contributed by atoms with Gasteiger partial charge in [0.1, 0.15) is 5.39 Å². The van der Waals surface area contributed by atoms with Gasteiger partial charge in [0.15, 0.2) is 11.9 Å². The van der Waals surface area contributed by atoms with Crippen molar-refractivity contribution in [2.24, 2.45) is 0 Å². The number of fused-ring (bicyclic) bond motifs is 1. The van der Waals surface area contributed by atoms with E-state index >= 15 is 0 Å².